The van der Waals surface area contributed by atoms with Crippen LogP contribution in [0.15, 0.2) is 18.5 Å². The minimum Gasteiger partial charge on any atom is -0.310 e. The molecule has 1 N–H and O–H groups in total. The van der Waals surface area contributed by atoms with Gasteiger partial charge in [-0.3, -0.25) is 4.98 Å². The molecule has 1 saturated heterocycles. The number of rotatable bonds is 1. The van der Waals surface area contributed by atoms with Gasteiger partial charge in [-0.2, -0.15) is 13.2 Å². The SMILES string of the molecule is CC1CCNC(c2cnccc2C(F)(F)F)C1. The van der Waals surface area contributed by atoms with Crippen molar-refractivity contribution < 1.29 is 13.2 Å². The van der Waals surface area contributed by atoms with Crippen LogP contribution in [0.25, 0.3) is 0 Å². The molecule has 0 aromatic carbocycles. The number of alkyl halides is 3. The fraction of sp³-hybridized carbons (Fsp3) is 0.583. The Bertz CT molecular complexity index is 390. The fourth-order valence-electron chi connectivity index (χ4n) is 2.29. The molecular weight excluding hydrogens is 229 g/mol. The van der Waals surface area contributed by atoms with E-state index in [1.165, 1.54) is 12.4 Å². The Morgan fingerprint density at radius 3 is 2.82 bits per heavy atom. The van der Waals surface area contributed by atoms with Crippen LogP contribution >= 0.6 is 0 Å². The van der Waals surface area contributed by atoms with Gasteiger partial charge in [0.15, 0.2) is 0 Å². The van der Waals surface area contributed by atoms with Crippen LogP contribution in [0, 0.1) is 5.92 Å². The van der Waals surface area contributed by atoms with Crippen molar-refractivity contribution in [3.05, 3.63) is 29.6 Å². The summed E-state index contributed by atoms with van der Waals surface area (Å²) in [5.74, 6) is 0.447. The first kappa shape index (κ1) is 12.4. The lowest BCUT2D eigenvalue weighted by Gasteiger charge is -2.29. The van der Waals surface area contributed by atoms with Gasteiger partial charge in [0.2, 0.25) is 0 Å². The Morgan fingerprint density at radius 1 is 1.41 bits per heavy atom. The number of piperidine rings is 1. The van der Waals surface area contributed by atoms with Crippen LogP contribution in [-0.2, 0) is 6.18 Å². The van der Waals surface area contributed by atoms with Crippen LogP contribution in [0.5, 0.6) is 0 Å². The number of hydrogen-bond donors (Lipinski definition) is 1. The van der Waals surface area contributed by atoms with Crippen LogP contribution < -0.4 is 5.32 Å². The van der Waals surface area contributed by atoms with Crippen molar-refractivity contribution in [1.82, 2.24) is 10.3 Å². The van der Waals surface area contributed by atoms with Crippen molar-refractivity contribution >= 4 is 0 Å². The van der Waals surface area contributed by atoms with Crippen LogP contribution in [-0.4, -0.2) is 11.5 Å². The Kier molecular flexibility index (Phi) is 3.38. The van der Waals surface area contributed by atoms with Gasteiger partial charge in [-0.15, -0.1) is 0 Å². The second-order valence-corrected chi connectivity index (χ2v) is 4.60. The number of aromatic nitrogens is 1. The summed E-state index contributed by atoms with van der Waals surface area (Å²) in [6.45, 7) is 2.83. The topological polar surface area (TPSA) is 24.9 Å². The summed E-state index contributed by atoms with van der Waals surface area (Å²) in [6, 6.07) is 0.820. The third kappa shape index (κ3) is 2.77. The highest BCUT2D eigenvalue weighted by atomic mass is 19.4. The molecule has 0 bridgehead atoms. The fourth-order valence-corrected chi connectivity index (χ4v) is 2.29. The van der Waals surface area contributed by atoms with Crippen molar-refractivity contribution in [2.45, 2.75) is 32.0 Å². The highest BCUT2D eigenvalue weighted by Crippen LogP contribution is 2.36. The highest BCUT2D eigenvalue weighted by Gasteiger charge is 2.36. The Hall–Kier alpha value is -1.10. The average Bonchev–Trinajstić information content (AvgIpc) is 2.28. The largest absolute Gasteiger partial charge is 0.416 e. The quantitative estimate of drug-likeness (QED) is 0.820. The number of hydrogen-bond acceptors (Lipinski definition) is 2. The summed E-state index contributed by atoms with van der Waals surface area (Å²) >= 11 is 0. The second kappa shape index (κ2) is 4.64. The van der Waals surface area contributed by atoms with Gasteiger partial charge in [-0.25, -0.2) is 0 Å². The van der Waals surface area contributed by atoms with E-state index in [0.717, 1.165) is 25.5 Å². The molecular formula is C12H15F3N2. The molecule has 0 spiro atoms. The van der Waals surface area contributed by atoms with E-state index in [1.807, 2.05) is 0 Å². The van der Waals surface area contributed by atoms with Gasteiger partial charge in [0.05, 0.1) is 5.56 Å². The normalized spacial score (nSPS) is 25.9. The van der Waals surface area contributed by atoms with Crippen molar-refractivity contribution in [2.24, 2.45) is 5.92 Å². The van der Waals surface area contributed by atoms with Gasteiger partial charge in [0, 0.05) is 18.4 Å². The van der Waals surface area contributed by atoms with Gasteiger partial charge < -0.3 is 5.32 Å². The van der Waals surface area contributed by atoms with E-state index in [4.69, 9.17) is 0 Å². The van der Waals surface area contributed by atoms with Crippen LogP contribution in [0.1, 0.15) is 36.9 Å². The number of nitrogens with zero attached hydrogens (tertiary/aromatic N) is 1. The van der Waals surface area contributed by atoms with Crippen LogP contribution in [0.2, 0.25) is 0 Å². The first-order chi connectivity index (χ1) is 7.98. The number of pyridine rings is 1. The molecule has 1 aliphatic rings. The van der Waals surface area contributed by atoms with Crippen molar-refractivity contribution in [3.8, 4) is 0 Å². The highest BCUT2D eigenvalue weighted by molar-refractivity contribution is 5.29. The maximum atomic E-state index is 12.8. The molecule has 0 saturated carbocycles. The van der Waals surface area contributed by atoms with Gasteiger partial charge in [0.25, 0.3) is 0 Å². The number of halogens is 3. The van der Waals surface area contributed by atoms with E-state index in [1.54, 1.807) is 0 Å². The van der Waals surface area contributed by atoms with E-state index in [0.29, 0.717) is 5.92 Å². The Labute approximate surface area is 98.2 Å². The summed E-state index contributed by atoms with van der Waals surface area (Å²) in [4.78, 5) is 3.82. The zero-order valence-electron chi connectivity index (χ0n) is 9.59. The maximum absolute atomic E-state index is 12.8. The Morgan fingerprint density at radius 2 is 2.18 bits per heavy atom. The molecule has 1 aliphatic heterocycles. The molecule has 1 fully saturated rings. The molecule has 0 radical (unpaired) electrons. The van der Waals surface area contributed by atoms with Gasteiger partial charge in [-0.1, -0.05) is 6.92 Å². The van der Waals surface area contributed by atoms with E-state index in [2.05, 4.69) is 17.2 Å². The second-order valence-electron chi connectivity index (χ2n) is 4.60. The summed E-state index contributed by atoms with van der Waals surface area (Å²) in [5.41, 5.74) is -0.300. The van der Waals surface area contributed by atoms with Gasteiger partial charge >= 0.3 is 6.18 Å². The molecule has 2 nitrogen and oxygen atoms in total. The molecule has 0 aliphatic carbocycles. The third-order valence-corrected chi connectivity index (χ3v) is 3.20. The van der Waals surface area contributed by atoms with Crippen molar-refractivity contribution in [3.63, 3.8) is 0 Å². The van der Waals surface area contributed by atoms with Crippen molar-refractivity contribution in [2.75, 3.05) is 6.54 Å². The molecule has 2 unspecified atom stereocenters. The summed E-state index contributed by atoms with van der Waals surface area (Å²) < 4.78 is 38.5. The van der Waals surface area contributed by atoms with E-state index < -0.39 is 11.7 Å². The predicted octanol–water partition coefficient (Wildman–Crippen LogP) is 3.16. The molecule has 1 aromatic rings. The minimum atomic E-state index is -4.30. The molecule has 2 heterocycles. The molecule has 2 rings (SSSR count). The van der Waals surface area contributed by atoms with Crippen LogP contribution in [0.3, 0.4) is 0 Å². The summed E-state index contributed by atoms with van der Waals surface area (Å²) in [5, 5.41) is 3.14. The lowest BCUT2D eigenvalue weighted by atomic mass is 9.89. The number of nitrogens with one attached hydrogen (secondary N) is 1. The van der Waals surface area contributed by atoms with E-state index in [9.17, 15) is 13.2 Å². The Balaban J connectivity index is 2.31. The molecule has 2 atom stereocenters. The van der Waals surface area contributed by atoms with Crippen molar-refractivity contribution in [1.29, 1.82) is 0 Å². The standard InChI is InChI=1S/C12H15F3N2/c1-8-2-5-17-11(6-8)9-7-16-4-3-10(9)12(13,14)15/h3-4,7-8,11,17H,2,5-6H2,1H3. The molecule has 5 heteroatoms. The summed E-state index contributed by atoms with van der Waals surface area (Å²) in [7, 11) is 0. The monoisotopic (exact) mass is 244 g/mol. The molecule has 0 amide bonds. The van der Waals surface area contributed by atoms with E-state index >= 15 is 0 Å². The first-order valence-electron chi connectivity index (χ1n) is 5.73. The third-order valence-electron chi connectivity index (χ3n) is 3.20. The van der Waals surface area contributed by atoms with Gasteiger partial charge in [0.1, 0.15) is 0 Å². The minimum absolute atomic E-state index is 0.232. The smallest absolute Gasteiger partial charge is 0.310 e. The zero-order valence-corrected chi connectivity index (χ0v) is 9.59. The maximum Gasteiger partial charge on any atom is 0.416 e. The van der Waals surface area contributed by atoms with Gasteiger partial charge in [-0.05, 0) is 36.9 Å². The zero-order chi connectivity index (χ0) is 12.5. The lowest BCUT2D eigenvalue weighted by Crippen LogP contribution is -2.32. The van der Waals surface area contributed by atoms with Crippen LogP contribution in [0.4, 0.5) is 13.2 Å². The summed E-state index contributed by atoms with van der Waals surface area (Å²) in [6.07, 6.45) is -0.0371. The molecule has 1 aromatic heterocycles. The predicted molar refractivity (Wildman–Crippen MR) is 58.4 cm³/mol. The average molecular weight is 244 g/mol. The lowest BCUT2D eigenvalue weighted by molar-refractivity contribution is -0.138. The molecule has 94 valence electrons. The molecule has 17 heavy (non-hydrogen) atoms. The first-order valence-corrected chi connectivity index (χ1v) is 5.73. The van der Waals surface area contributed by atoms with E-state index in [-0.39, 0.29) is 11.6 Å².